The molecule has 1 saturated heterocycles. The van der Waals surface area contributed by atoms with Crippen molar-refractivity contribution in [2.75, 3.05) is 20.2 Å². The Labute approximate surface area is 113 Å². The van der Waals surface area contributed by atoms with Gasteiger partial charge < -0.3 is 10.1 Å². The summed E-state index contributed by atoms with van der Waals surface area (Å²) < 4.78 is 6.04. The third kappa shape index (κ3) is 3.27. The highest BCUT2D eigenvalue weighted by Gasteiger charge is 2.38. The van der Waals surface area contributed by atoms with Gasteiger partial charge in [0, 0.05) is 13.2 Å². The van der Waals surface area contributed by atoms with Crippen LogP contribution in [0.25, 0.3) is 0 Å². The van der Waals surface area contributed by atoms with E-state index in [1.807, 2.05) is 0 Å². The lowest BCUT2D eigenvalue weighted by Gasteiger charge is -2.39. The highest BCUT2D eigenvalue weighted by molar-refractivity contribution is 4.88. The summed E-state index contributed by atoms with van der Waals surface area (Å²) in [6.07, 6.45) is 7.36. The Hall–Kier alpha value is -0.0800. The van der Waals surface area contributed by atoms with E-state index >= 15 is 0 Å². The fourth-order valence-corrected chi connectivity index (χ4v) is 3.97. The molecule has 106 valence electrons. The monoisotopic (exact) mass is 253 g/mol. The molecule has 0 aromatic carbocycles. The molecule has 2 rings (SSSR count). The molecule has 1 heterocycles. The van der Waals surface area contributed by atoms with Crippen LogP contribution < -0.4 is 5.32 Å². The molecule has 0 spiro atoms. The first-order valence-electron chi connectivity index (χ1n) is 7.78. The van der Waals surface area contributed by atoms with Crippen LogP contribution in [0.4, 0.5) is 0 Å². The van der Waals surface area contributed by atoms with Crippen LogP contribution in [0.2, 0.25) is 0 Å². The Bertz CT molecular complexity index is 250. The summed E-state index contributed by atoms with van der Waals surface area (Å²) in [5.41, 5.74) is 0.492. The fourth-order valence-electron chi connectivity index (χ4n) is 3.97. The highest BCUT2D eigenvalue weighted by atomic mass is 16.5. The molecule has 2 aliphatic rings. The van der Waals surface area contributed by atoms with Crippen LogP contribution in [0, 0.1) is 23.2 Å². The van der Waals surface area contributed by atoms with E-state index in [-0.39, 0.29) is 0 Å². The summed E-state index contributed by atoms with van der Waals surface area (Å²) in [5, 5.41) is 3.33. The minimum atomic E-state index is 0.492. The molecule has 0 amide bonds. The Morgan fingerprint density at radius 2 is 1.72 bits per heavy atom. The molecule has 1 aliphatic carbocycles. The third-order valence-corrected chi connectivity index (χ3v) is 5.19. The van der Waals surface area contributed by atoms with Crippen molar-refractivity contribution in [2.45, 2.75) is 59.0 Å². The quantitative estimate of drug-likeness (QED) is 0.831. The van der Waals surface area contributed by atoms with E-state index < -0.39 is 0 Å². The van der Waals surface area contributed by atoms with Crippen LogP contribution in [-0.4, -0.2) is 26.3 Å². The summed E-state index contributed by atoms with van der Waals surface area (Å²) in [4.78, 5) is 0. The van der Waals surface area contributed by atoms with E-state index in [1.165, 1.54) is 32.1 Å². The van der Waals surface area contributed by atoms with Crippen molar-refractivity contribution in [2.24, 2.45) is 23.2 Å². The largest absolute Gasteiger partial charge is 0.378 e. The first-order chi connectivity index (χ1) is 8.52. The Kier molecular flexibility index (Phi) is 4.71. The Morgan fingerprint density at radius 1 is 1.06 bits per heavy atom. The molecule has 1 aliphatic heterocycles. The summed E-state index contributed by atoms with van der Waals surface area (Å²) in [6, 6.07) is 0. The minimum absolute atomic E-state index is 0.492. The average molecular weight is 253 g/mol. The lowest BCUT2D eigenvalue weighted by molar-refractivity contribution is 0.0107. The summed E-state index contributed by atoms with van der Waals surface area (Å²) in [6.45, 7) is 9.30. The molecule has 2 unspecified atom stereocenters. The SMILES string of the molecule is CNCC1CCOC1C1CCC(C(C)(C)C)CC1. The minimum Gasteiger partial charge on any atom is -0.378 e. The van der Waals surface area contributed by atoms with Gasteiger partial charge in [0.15, 0.2) is 0 Å². The molecular formula is C16H31NO. The number of ether oxygens (including phenoxy) is 1. The number of hydrogen-bond donors (Lipinski definition) is 1. The van der Waals surface area contributed by atoms with Crippen molar-refractivity contribution >= 4 is 0 Å². The van der Waals surface area contributed by atoms with Crippen molar-refractivity contribution in [1.29, 1.82) is 0 Å². The average Bonchev–Trinajstić information content (AvgIpc) is 2.77. The van der Waals surface area contributed by atoms with Crippen LogP contribution in [0.15, 0.2) is 0 Å². The maximum atomic E-state index is 6.04. The van der Waals surface area contributed by atoms with Gasteiger partial charge in [0.1, 0.15) is 0 Å². The first-order valence-corrected chi connectivity index (χ1v) is 7.78. The maximum absolute atomic E-state index is 6.04. The Balaban J connectivity index is 1.85. The van der Waals surface area contributed by atoms with Crippen LogP contribution >= 0.6 is 0 Å². The summed E-state index contributed by atoms with van der Waals surface area (Å²) >= 11 is 0. The molecule has 0 aromatic rings. The van der Waals surface area contributed by atoms with Crippen LogP contribution in [0.1, 0.15) is 52.9 Å². The van der Waals surface area contributed by atoms with Crippen molar-refractivity contribution in [3.05, 3.63) is 0 Å². The molecule has 0 radical (unpaired) electrons. The van der Waals surface area contributed by atoms with Crippen molar-refractivity contribution in [1.82, 2.24) is 5.32 Å². The van der Waals surface area contributed by atoms with E-state index in [9.17, 15) is 0 Å². The first kappa shape index (κ1) is 14.3. The van der Waals surface area contributed by atoms with Crippen molar-refractivity contribution in [3.63, 3.8) is 0 Å². The van der Waals surface area contributed by atoms with Gasteiger partial charge >= 0.3 is 0 Å². The van der Waals surface area contributed by atoms with Gasteiger partial charge in [-0.3, -0.25) is 0 Å². The molecule has 1 N–H and O–H groups in total. The zero-order valence-electron chi connectivity index (χ0n) is 12.7. The lowest BCUT2D eigenvalue weighted by atomic mass is 9.68. The number of nitrogens with one attached hydrogen (secondary N) is 1. The Morgan fingerprint density at radius 3 is 2.28 bits per heavy atom. The second kappa shape index (κ2) is 5.92. The standard InChI is InChI=1S/C16H31NO/c1-16(2,3)14-7-5-12(6-8-14)15-13(11-17-4)9-10-18-15/h12-15,17H,5-11H2,1-4H3. The van der Waals surface area contributed by atoms with Crippen LogP contribution in [0.5, 0.6) is 0 Å². The zero-order valence-corrected chi connectivity index (χ0v) is 12.7. The van der Waals surface area contributed by atoms with Crippen LogP contribution in [0.3, 0.4) is 0 Å². The smallest absolute Gasteiger partial charge is 0.0644 e. The highest BCUT2D eigenvalue weighted by Crippen LogP contribution is 2.43. The van der Waals surface area contributed by atoms with Gasteiger partial charge in [-0.05, 0) is 62.3 Å². The van der Waals surface area contributed by atoms with Crippen LogP contribution in [-0.2, 0) is 4.74 Å². The van der Waals surface area contributed by atoms with Gasteiger partial charge in [-0.15, -0.1) is 0 Å². The summed E-state index contributed by atoms with van der Waals surface area (Å²) in [5.74, 6) is 2.49. The molecule has 18 heavy (non-hydrogen) atoms. The second-order valence-corrected chi connectivity index (χ2v) is 7.42. The normalized spacial score (nSPS) is 38.0. The fraction of sp³-hybridized carbons (Fsp3) is 1.00. The van der Waals surface area contributed by atoms with E-state index in [2.05, 4.69) is 33.1 Å². The van der Waals surface area contributed by atoms with Gasteiger partial charge in [0.2, 0.25) is 0 Å². The topological polar surface area (TPSA) is 21.3 Å². The van der Waals surface area contributed by atoms with Crippen molar-refractivity contribution < 1.29 is 4.74 Å². The van der Waals surface area contributed by atoms with E-state index in [0.29, 0.717) is 11.5 Å². The van der Waals surface area contributed by atoms with Gasteiger partial charge in [0.25, 0.3) is 0 Å². The van der Waals surface area contributed by atoms with E-state index in [0.717, 1.165) is 30.9 Å². The third-order valence-electron chi connectivity index (χ3n) is 5.19. The second-order valence-electron chi connectivity index (χ2n) is 7.42. The molecule has 2 atom stereocenters. The molecule has 2 fully saturated rings. The zero-order chi connectivity index (χ0) is 13.2. The molecule has 1 saturated carbocycles. The lowest BCUT2D eigenvalue weighted by Crippen LogP contribution is -2.36. The van der Waals surface area contributed by atoms with Gasteiger partial charge in [-0.1, -0.05) is 20.8 Å². The molecule has 0 bridgehead atoms. The molecule has 2 heteroatoms. The maximum Gasteiger partial charge on any atom is 0.0644 e. The van der Waals surface area contributed by atoms with Gasteiger partial charge in [-0.25, -0.2) is 0 Å². The van der Waals surface area contributed by atoms with Gasteiger partial charge in [0.05, 0.1) is 6.10 Å². The summed E-state index contributed by atoms with van der Waals surface area (Å²) in [7, 11) is 2.06. The molecule has 0 aromatic heterocycles. The predicted octanol–water partition coefficient (Wildman–Crippen LogP) is 3.46. The van der Waals surface area contributed by atoms with Crippen molar-refractivity contribution in [3.8, 4) is 0 Å². The predicted molar refractivity (Wildman–Crippen MR) is 76.7 cm³/mol. The van der Waals surface area contributed by atoms with Gasteiger partial charge in [-0.2, -0.15) is 0 Å². The number of hydrogen-bond acceptors (Lipinski definition) is 2. The van der Waals surface area contributed by atoms with E-state index in [1.54, 1.807) is 0 Å². The molecular weight excluding hydrogens is 222 g/mol. The number of rotatable bonds is 3. The molecule has 2 nitrogen and oxygen atoms in total. The van der Waals surface area contributed by atoms with E-state index in [4.69, 9.17) is 4.74 Å².